The minimum Gasteiger partial charge on any atom is -0.0533 e. The molecule has 20 unspecified atom stereocenters. The van der Waals surface area contributed by atoms with Gasteiger partial charge in [0.1, 0.15) is 0 Å². The summed E-state index contributed by atoms with van der Waals surface area (Å²) in [7, 11) is 0. The minimum atomic E-state index is 1.09. The molecule has 13 rings (SSSR count). The van der Waals surface area contributed by atoms with Crippen LogP contribution < -0.4 is 0 Å². The van der Waals surface area contributed by atoms with Gasteiger partial charge in [0, 0.05) is 0 Å². The molecule has 0 spiro atoms. The fraction of sp³-hybridized carbons (Fsp3) is 1.00. The summed E-state index contributed by atoms with van der Waals surface area (Å²) in [6.45, 7) is 0. The summed E-state index contributed by atoms with van der Waals surface area (Å²) in [5.74, 6) is 26.9. The molecule has 0 heteroatoms. The molecule has 0 aliphatic heterocycles. The van der Waals surface area contributed by atoms with Gasteiger partial charge in [-0.25, -0.2) is 0 Å². The van der Waals surface area contributed by atoms with Gasteiger partial charge < -0.3 is 0 Å². The first-order valence-corrected chi connectivity index (χ1v) is 32.8. The van der Waals surface area contributed by atoms with Crippen molar-refractivity contribution in [1.29, 1.82) is 0 Å². The van der Waals surface area contributed by atoms with E-state index in [0.717, 1.165) is 142 Å². The number of hydrogen-bond donors (Lipinski definition) is 0. The third-order valence-corrected chi connectivity index (χ3v) is 27.5. The Kier molecular flexibility index (Phi) is 14.2. The molecule has 0 aromatic rings. The van der Waals surface area contributed by atoms with Crippen LogP contribution in [0.4, 0.5) is 0 Å². The van der Waals surface area contributed by atoms with Gasteiger partial charge in [-0.3, -0.25) is 0 Å². The van der Waals surface area contributed by atoms with Crippen LogP contribution in [-0.4, -0.2) is 0 Å². The lowest BCUT2D eigenvalue weighted by Gasteiger charge is -2.63. The van der Waals surface area contributed by atoms with Gasteiger partial charge in [0.15, 0.2) is 0 Å². The number of hydrogen-bond acceptors (Lipinski definition) is 0. The fourth-order valence-corrected chi connectivity index (χ4v) is 25.5. The van der Waals surface area contributed by atoms with Crippen molar-refractivity contribution in [3.05, 3.63) is 0 Å². The molecular weight excluding hydrogens is 793 g/mol. The molecule has 66 heavy (non-hydrogen) atoms. The van der Waals surface area contributed by atoms with Crippen molar-refractivity contribution in [2.45, 2.75) is 270 Å². The van der Waals surface area contributed by atoms with E-state index in [-0.39, 0.29) is 0 Å². The van der Waals surface area contributed by atoms with Crippen LogP contribution in [0.1, 0.15) is 270 Å². The molecule has 0 heterocycles. The molecule has 0 aromatic carbocycles. The normalized spacial score (nSPS) is 52.9. The molecule has 0 nitrogen and oxygen atoms in total. The van der Waals surface area contributed by atoms with Crippen molar-refractivity contribution >= 4 is 0 Å². The van der Waals surface area contributed by atoms with Crippen molar-refractivity contribution < 1.29 is 0 Å². The maximum absolute atomic E-state index is 1.72. The molecule has 13 aliphatic rings. The van der Waals surface area contributed by atoms with E-state index in [1.165, 1.54) is 0 Å². The van der Waals surface area contributed by atoms with Gasteiger partial charge in [-0.2, -0.15) is 0 Å². The van der Waals surface area contributed by atoms with Crippen LogP contribution in [0.3, 0.4) is 0 Å². The van der Waals surface area contributed by atoms with Crippen LogP contribution in [0.2, 0.25) is 0 Å². The van der Waals surface area contributed by atoms with Gasteiger partial charge in [0.05, 0.1) is 0 Å². The highest BCUT2D eigenvalue weighted by molar-refractivity contribution is 5.09. The second kappa shape index (κ2) is 20.5. The minimum absolute atomic E-state index is 1.09. The van der Waals surface area contributed by atoms with E-state index in [1.807, 2.05) is 0 Å². The van der Waals surface area contributed by atoms with E-state index in [2.05, 4.69) is 0 Å². The second-order valence-electron chi connectivity index (χ2n) is 29.4. The monoisotopic (exact) mass is 901 g/mol. The van der Waals surface area contributed by atoms with Gasteiger partial charge >= 0.3 is 0 Å². The molecule has 0 N–H and O–H groups in total. The van der Waals surface area contributed by atoms with Crippen LogP contribution in [0.25, 0.3) is 0 Å². The molecule has 20 atom stereocenters. The summed E-state index contributed by atoms with van der Waals surface area (Å²) < 4.78 is 0. The molecule has 0 bridgehead atoms. The summed E-state index contributed by atoms with van der Waals surface area (Å²) in [6, 6.07) is 0. The van der Waals surface area contributed by atoms with Crippen molar-refractivity contribution in [1.82, 2.24) is 0 Å². The predicted molar refractivity (Wildman–Crippen MR) is 278 cm³/mol. The van der Waals surface area contributed by atoms with Crippen LogP contribution in [0.15, 0.2) is 0 Å². The van der Waals surface area contributed by atoms with E-state index < -0.39 is 0 Å². The molecule has 0 aromatic heterocycles. The number of fused-ring (bicyclic) bond motifs is 6. The Hall–Kier alpha value is 0. The molecule has 0 amide bonds. The zero-order valence-corrected chi connectivity index (χ0v) is 43.6. The van der Waals surface area contributed by atoms with E-state index in [0.29, 0.717) is 0 Å². The molecule has 0 radical (unpaired) electrons. The summed E-state index contributed by atoms with van der Waals surface area (Å²) >= 11 is 0. The maximum atomic E-state index is 1.72. The molecule has 13 fully saturated rings. The topological polar surface area (TPSA) is 0 Å². The van der Waals surface area contributed by atoms with Gasteiger partial charge in [0.25, 0.3) is 0 Å². The Morgan fingerprint density at radius 1 is 0.121 bits per heavy atom. The van der Waals surface area contributed by atoms with Gasteiger partial charge in [-0.1, -0.05) is 154 Å². The highest BCUT2D eigenvalue weighted by Gasteiger charge is 2.60. The molecular formula is C66H108. The third-order valence-electron chi connectivity index (χ3n) is 27.5. The first-order valence-electron chi connectivity index (χ1n) is 32.8. The molecule has 372 valence electrons. The Balaban J connectivity index is 0.736. The predicted octanol–water partition coefficient (Wildman–Crippen LogP) is 19.3. The van der Waals surface area contributed by atoms with Crippen molar-refractivity contribution in [3.8, 4) is 0 Å². The van der Waals surface area contributed by atoms with Crippen molar-refractivity contribution in [2.75, 3.05) is 0 Å². The van der Waals surface area contributed by atoms with Crippen LogP contribution >= 0.6 is 0 Å². The first-order chi connectivity index (χ1) is 32.8. The van der Waals surface area contributed by atoms with Gasteiger partial charge in [0.2, 0.25) is 0 Å². The number of rotatable bonds is 6. The summed E-state index contributed by atoms with van der Waals surface area (Å²) in [5.41, 5.74) is 0. The fourth-order valence-electron chi connectivity index (χ4n) is 25.5. The van der Waals surface area contributed by atoms with Crippen molar-refractivity contribution in [3.63, 3.8) is 0 Å². The summed E-state index contributed by atoms with van der Waals surface area (Å²) in [6.07, 6.45) is 68.1. The van der Waals surface area contributed by atoms with Crippen LogP contribution in [-0.2, 0) is 0 Å². The van der Waals surface area contributed by atoms with E-state index >= 15 is 0 Å². The van der Waals surface area contributed by atoms with Crippen molar-refractivity contribution in [2.24, 2.45) is 142 Å². The SMILES string of the molecule is C1CCC(C2C3CCCCC3C(C3CCCC4CCCCC43)C3CC(C4CCC(C5CCC6C(C5)C(C5CCCC7CCCCC75)C5CCCCC5C6C5CCCCC5)CC4)CCC32)CC1. The molecule has 13 aliphatic carbocycles. The maximum Gasteiger partial charge on any atom is -0.0321 e. The van der Waals surface area contributed by atoms with E-state index in [4.69, 9.17) is 0 Å². The third kappa shape index (κ3) is 8.59. The van der Waals surface area contributed by atoms with E-state index in [1.54, 1.807) is 270 Å². The Bertz CT molecular complexity index is 1420. The largest absolute Gasteiger partial charge is 0.0533 e. The van der Waals surface area contributed by atoms with E-state index in [9.17, 15) is 0 Å². The highest BCUT2D eigenvalue weighted by atomic mass is 14.6. The average Bonchev–Trinajstić information content (AvgIpc) is 3.39. The summed E-state index contributed by atoms with van der Waals surface area (Å²) in [5, 5.41) is 0. The standard InChI is InChI=1S/C66H108/c1-3-19-47(20-4-1)63-55-27-11-13-29-57(55)65(53-31-15-23-45-17-7-9-25-51(45)53)61-41-49(37-39-59(61)63)43-33-35-44(36-34-43)50-38-40-60-62(42-50)66(54-32-16-24-46-18-8-10-26-52(46)54)58-30-14-12-28-56(58)64(60)48-21-5-2-6-22-48/h43-66H,1-42H2. The average molecular weight is 902 g/mol. The van der Waals surface area contributed by atoms with Crippen LogP contribution in [0, 0.1) is 142 Å². The Labute approximate surface area is 409 Å². The zero-order chi connectivity index (χ0) is 43.6. The smallest absolute Gasteiger partial charge is 0.0321 e. The summed E-state index contributed by atoms with van der Waals surface area (Å²) in [4.78, 5) is 0. The zero-order valence-electron chi connectivity index (χ0n) is 43.6. The first kappa shape index (κ1) is 45.8. The molecule has 13 saturated carbocycles. The lowest BCUT2D eigenvalue weighted by molar-refractivity contribution is -0.141. The van der Waals surface area contributed by atoms with Crippen LogP contribution in [0.5, 0.6) is 0 Å². The lowest BCUT2D eigenvalue weighted by Crippen LogP contribution is -2.56. The quantitative estimate of drug-likeness (QED) is 0.249. The molecule has 0 saturated heterocycles. The Morgan fingerprint density at radius 2 is 0.379 bits per heavy atom. The second-order valence-corrected chi connectivity index (χ2v) is 29.4. The van der Waals surface area contributed by atoms with Gasteiger partial charge in [-0.15, -0.1) is 0 Å². The highest BCUT2D eigenvalue weighted by Crippen LogP contribution is 2.68. The lowest BCUT2D eigenvalue weighted by atomic mass is 9.42. The van der Waals surface area contributed by atoms with Gasteiger partial charge in [-0.05, 0) is 258 Å². The Morgan fingerprint density at radius 3 is 0.788 bits per heavy atom.